The fraction of sp³-hybridized carbons (Fsp3) is 0.909. The predicted octanol–water partition coefficient (Wildman–Crippen LogP) is -0.980. The Bertz CT molecular complexity index is 328. The first-order valence-corrected chi connectivity index (χ1v) is 6.58. The fourth-order valence-corrected chi connectivity index (χ4v) is 3.63. The lowest BCUT2D eigenvalue weighted by Crippen LogP contribution is -2.56. The van der Waals surface area contributed by atoms with Gasteiger partial charge in [0.2, 0.25) is 0 Å². The molecular formula is C11H21BN2O4. The van der Waals surface area contributed by atoms with Gasteiger partial charge in [0.05, 0.1) is 0 Å². The Labute approximate surface area is 107 Å². The van der Waals surface area contributed by atoms with Crippen molar-refractivity contribution in [3.63, 3.8) is 0 Å². The molecule has 4 atom stereocenters. The van der Waals surface area contributed by atoms with Crippen LogP contribution < -0.4 is 11.1 Å². The Morgan fingerprint density at radius 3 is 2.83 bits per heavy atom. The minimum Gasteiger partial charge on any atom is -0.480 e. The Morgan fingerprint density at radius 1 is 1.50 bits per heavy atom. The van der Waals surface area contributed by atoms with Crippen molar-refractivity contribution in [1.82, 2.24) is 5.32 Å². The summed E-state index contributed by atoms with van der Waals surface area (Å²) in [4.78, 5) is 11.5. The first-order chi connectivity index (χ1) is 8.46. The first kappa shape index (κ1) is 13.8. The molecule has 1 heterocycles. The highest BCUT2D eigenvalue weighted by molar-refractivity contribution is 6.40. The second-order valence-corrected chi connectivity index (χ2v) is 5.54. The molecule has 6 nitrogen and oxygen atoms in total. The Kier molecular flexibility index (Phi) is 3.96. The number of nitrogens with two attached hydrogens (primary N) is 1. The van der Waals surface area contributed by atoms with Gasteiger partial charge in [-0.15, -0.1) is 0 Å². The van der Waals surface area contributed by atoms with E-state index in [1.807, 2.05) is 0 Å². The molecule has 1 aliphatic heterocycles. The number of carboxylic acid groups (broad SMARTS) is 1. The van der Waals surface area contributed by atoms with Crippen LogP contribution in [0.1, 0.15) is 25.7 Å². The van der Waals surface area contributed by atoms with Crippen LogP contribution in [0.5, 0.6) is 0 Å². The second-order valence-electron chi connectivity index (χ2n) is 5.54. The van der Waals surface area contributed by atoms with Crippen LogP contribution in [0.3, 0.4) is 0 Å². The highest BCUT2D eigenvalue weighted by Gasteiger charge is 2.58. The summed E-state index contributed by atoms with van der Waals surface area (Å²) in [6, 6.07) is 0.204. The fourth-order valence-electron chi connectivity index (χ4n) is 3.63. The van der Waals surface area contributed by atoms with E-state index in [0.717, 1.165) is 19.4 Å². The minimum atomic E-state index is -1.32. The average Bonchev–Trinajstić information content (AvgIpc) is 2.82. The monoisotopic (exact) mass is 256 g/mol. The van der Waals surface area contributed by atoms with Gasteiger partial charge in [0.1, 0.15) is 5.54 Å². The molecule has 6 N–H and O–H groups in total. The molecule has 0 aromatic rings. The third-order valence-electron chi connectivity index (χ3n) is 4.56. The van der Waals surface area contributed by atoms with Gasteiger partial charge < -0.3 is 26.2 Å². The van der Waals surface area contributed by atoms with E-state index in [-0.39, 0.29) is 24.2 Å². The van der Waals surface area contributed by atoms with E-state index in [9.17, 15) is 9.90 Å². The van der Waals surface area contributed by atoms with Crippen molar-refractivity contribution in [2.75, 3.05) is 6.54 Å². The molecule has 2 rings (SSSR count). The molecule has 0 spiro atoms. The SMILES string of the molecule is NC1(C(=O)O)C(CCCB(O)O)C[C@H]2NCC[C@H]21. The molecule has 0 aromatic heterocycles. The van der Waals surface area contributed by atoms with Crippen molar-refractivity contribution in [3.8, 4) is 0 Å². The molecule has 1 aliphatic carbocycles. The maximum Gasteiger partial charge on any atom is 0.451 e. The average molecular weight is 256 g/mol. The third-order valence-corrected chi connectivity index (χ3v) is 4.56. The molecule has 7 heteroatoms. The van der Waals surface area contributed by atoms with Crippen LogP contribution >= 0.6 is 0 Å². The standard InChI is InChI=1S/C11H21BN2O4/c13-11(10(15)16)7(2-1-4-12(17)18)6-9-8(11)3-5-14-9/h7-9,14,17-18H,1-6,13H2,(H,15,16)/t7?,8-,9-,11?/m1/s1. The van der Waals surface area contributed by atoms with Crippen LogP contribution in [0, 0.1) is 11.8 Å². The van der Waals surface area contributed by atoms with Gasteiger partial charge in [-0.2, -0.15) is 0 Å². The van der Waals surface area contributed by atoms with Crippen LogP contribution in [-0.4, -0.2) is 46.4 Å². The summed E-state index contributed by atoms with van der Waals surface area (Å²) in [6.07, 6.45) is 3.08. The highest BCUT2D eigenvalue weighted by atomic mass is 16.4. The number of aliphatic carboxylic acids is 1. The lowest BCUT2D eigenvalue weighted by Gasteiger charge is -2.31. The largest absolute Gasteiger partial charge is 0.480 e. The molecule has 0 bridgehead atoms. The lowest BCUT2D eigenvalue weighted by molar-refractivity contribution is -0.146. The molecular weight excluding hydrogens is 235 g/mol. The van der Waals surface area contributed by atoms with Crippen molar-refractivity contribution >= 4 is 13.1 Å². The van der Waals surface area contributed by atoms with Crippen LogP contribution in [-0.2, 0) is 4.79 Å². The Balaban J connectivity index is 2.03. The molecule has 0 aromatic carbocycles. The van der Waals surface area contributed by atoms with E-state index in [1.54, 1.807) is 0 Å². The van der Waals surface area contributed by atoms with E-state index in [1.165, 1.54) is 0 Å². The quantitative estimate of drug-likeness (QED) is 0.404. The summed E-state index contributed by atoms with van der Waals surface area (Å²) in [6.45, 7) is 0.837. The summed E-state index contributed by atoms with van der Waals surface area (Å²) < 4.78 is 0. The van der Waals surface area contributed by atoms with E-state index >= 15 is 0 Å². The summed E-state index contributed by atoms with van der Waals surface area (Å²) in [5.74, 6) is -1.01. The molecule has 1 saturated carbocycles. The molecule has 18 heavy (non-hydrogen) atoms. The number of rotatable bonds is 5. The highest BCUT2D eigenvalue weighted by Crippen LogP contribution is 2.45. The van der Waals surface area contributed by atoms with Gasteiger partial charge >= 0.3 is 13.1 Å². The topological polar surface area (TPSA) is 116 Å². The van der Waals surface area contributed by atoms with Crippen molar-refractivity contribution < 1.29 is 19.9 Å². The number of hydrogen-bond donors (Lipinski definition) is 5. The predicted molar refractivity (Wildman–Crippen MR) is 66.8 cm³/mol. The maximum atomic E-state index is 11.5. The molecule has 2 fully saturated rings. The van der Waals surface area contributed by atoms with E-state index in [2.05, 4.69) is 5.32 Å². The second kappa shape index (κ2) is 5.17. The molecule has 2 unspecified atom stereocenters. The van der Waals surface area contributed by atoms with Gasteiger partial charge in [0, 0.05) is 12.0 Å². The van der Waals surface area contributed by atoms with Gasteiger partial charge in [0.15, 0.2) is 0 Å². The van der Waals surface area contributed by atoms with Crippen molar-refractivity contribution in [3.05, 3.63) is 0 Å². The number of nitrogens with one attached hydrogen (secondary N) is 1. The summed E-state index contributed by atoms with van der Waals surface area (Å²) in [5, 5.41) is 30.4. The van der Waals surface area contributed by atoms with E-state index in [4.69, 9.17) is 15.8 Å². The molecule has 0 radical (unpaired) electrons. The molecule has 2 aliphatic rings. The molecule has 1 saturated heterocycles. The van der Waals surface area contributed by atoms with Gasteiger partial charge in [-0.05, 0) is 38.0 Å². The zero-order chi connectivity index (χ0) is 13.3. The number of carboxylic acids is 1. The zero-order valence-corrected chi connectivity index (χ0v) is 10.4. The smallest absolute Gasteiger partial charge is 0.451 e. The van der Waals surface area contributed by atoms with Gasteiger partial charge in [-0.3, -0.25) is 4.79 Å². The number of fused-ring (bicyclic) bond motifs is 1. The third kappa shape index (κ3) is 2.27. The van der Waals surface area contributed by atoms with Gasteiger partial charge in [-0.1, -0.05) is 6.42 Å². The summed E-state index contributed by atoms with van der Waals surface area (Å²) >= 11 is 0. The van der Waals surface area contributed by atoms with Gasteiger partial charge in [0.25, 0.3) is 0 Å². The summed E-state index contributed by atoms with van der Waals surface area (Å²) in [7, 11) is -1.32. The van der Waals surface area contributed by atoms with Crippen molar-refractivity contribution in [2.24, 2.45) is 17.6 Å². The minimum absolute atomic E-state index is 0.000880. The number of carbonyl (C=O) groups is 1. The van der Waals surface area contributed by atoms with Crippen molar-refractivity contribution in [1.29, 1.82) is 0 Å². The van der Waals surface area contributed by atoms with Crippen molar-refractivity contribution in [2.45, 2.75) is 43.6 Å². The van der Waals surface area contributed by atoms with Crippen LogP contribution in [0.4, 0.5) is 0 Å². The van der Waals surface area contributed by atoms with Gasteiger partial charge in [-0.25, -0.2) is 0 Å². The normalized spacial score (nSPS) is 38.7. The molecule has 102 valence electrons. The maximum absolute atomic E-state index is 11.5. The first-order valence-electron chi connectivity index (χ1n) is 6.58. The Morgan fingerprint density at radius 2 is 2.22 bits per heavy atom. The van der Waals surface area contributed by atoms with Crippen LogP contribution in [0.25, 0.3) is 0 Å². The zero-order valence-electron chi connectivity index (χ0n) is 10.4. The van der Waals surface area contributed by atoms with E-state index in [0.29, 0.717) is 12.8 Å². The lowest BCUT2D eigenvalue weighted by atomic mass is 9.75. The number of hydrogen-bond acceptors (Lipinski definition) is 5. The molecule has 0 amide bonds. The van der Waals surface area contributed by atoms with Crippen LogP contribution in [0.2, 0.25) is 6.32 Å². The van der Waals surface area contributed by atoms with Crippen LogP contribution in [0.15, 0.2) is 0 Å². The van der Waals surface area contributed by atoms with E-state index < -0.39 is 18.6 Å². The Hall–Kier alpha value is -0.625. The summed E-state index contributed by atoms with van der Waals surface area (Å²) in [5.41, 5.74) is 5.03.